The summed E-state index contributed by atoms with van der Waals surface area (Å²) in [6.07, 6.45) is 0. The van der Waals surface area contributed by atoms with E-state index in [0.717, 1.165) is 39.6 Å². The third-order valence-corrected chi connectivity index (χ3v) is 6.21. The quantitative estimate of drug-likeness (QED) is 0.474. The van der Waals surface area contributed by atoms with E-state index in [0.29, 0.717) is 0 Å². The summed E-state index contributed by atoms with van der Waals surface area (Å²) in [4.78, 5) is 1.25. The molecule has 1 aromatic heterocycles. The van der Waals surface area contributed by atoms with Crippen LogP contribution in [0.5, 0.6) is 0 Å². The Balaban J connectivity index is 1.66. The third-order valence-electron chi connectivity index (χ3n) is 3.81. The molecule has 0 saturated heterocycles. The van der Waals surface area contributed by atoms with E-state index in [4.69, 9.17) is 11.6 Å². The Morgan fingerprint density at radius 1 is 0.960 bits per heavy atom. The summed E-state index contributed by atoms with van der Waals surface area (Å²) >= 11 is 9.71. The molecule has 0 fully saturated rings. The maximum absolute atomic E-state index is 6.24. The number of rotatable bonds is 7. The van der Waals surface area contributed by atoms with Crippen molar-refractivity contribution in [2.75, 3.05) is 0 Å². The average Bonchev–Trinajstić information content (AvgIpc) is 3.02. The van der Waals surface area contributed by atoms with Gasteiger partial charge in [0, 0.05) is 22.2 Å². The maximum Gasteiger partial charge on any atom is 0.191 e. The second-order valence-corrected chi connectivity index (χ2v) is 8.02. The fraction of sp³-hybridized carbons (Fsp3) is 0.263. The topological polar surface area (TPSA) is 30.7 Å². The average molecular weight is 390 g/mol. The van der Waals surface area contributed by atoms with Gasteiger partial charge in [-0.25, -0.2) is 0 Å². The van der Waals surface area contributed by atoms with Crippen molar-refractivity contribution in [2.45, 2.75) is 41.9 Å². The molecule has 0 atom stereocenters. The number of aromatic nitrogens is 3. The Morgan fingerprint density at radius 2 is 1.72 bits per heavy atom. The molecular formula is C19H20ClN3S2. The summed E-state index contributed by atoms with van der Waals surface area (Å²) in [7, 11) is 0. The molecule has 2 aromatic carbocycles. The molecule has 0 bridgehead atoms. The molecule has 3 aromatic rings. The van der Waals surface area contributed by atoms with Crippen LogP contribution < -0.4 is 0 Å². The van der Waals surface area contributed by atoms with E-state index in [-0.39, 0.29) is 0 Å². The van der Waals surface area contributed by atoms with Crippen LogP contribution in [0.3, 0.4) is 0 Å². The van der Waals surface area contributed by atoms with Gasteiger partial charge in [-0.1, -0.05) is 59.3 Å². The fourth-order valence-electron chi connectivity index (χ4n) is 2.39. The van der Waals surface area contributed by atoms with Crippen LogP contribution in [0.2, 0.25) is 5.02 Å². The zero-order chi connectivity index (χ0) is 17.6. The number of thioether (sulfide) groups is 2. The summed E-state index contributed by atoms with van der Waals surface area (Å²) in [6, 6.07) is 16.5. The molecule has 0 amide bonds. The lowest BCUT2D eigenvalue weighted by molar-refractivity contribution is 0.659. The van der Waals surface area contributed by atoms with Gasteiger partial charge in [0.25, 0.3) is 0 Å². The van der Waals surface area contributed by atoms with Crippen LogP contribution in [0.25, 0.3) is 0 Å². The van der Waals surface area contributed by atoms with Crippen molar-refractivity contribution in [2.24, 2.45) is 0 Å². The minimum Gasteiger partial charge on any atom is -0.306 e. The van der Waals surface area contributed by atoms with Gasteiger partial charge in [0.15, 0.2) is 5.16 Å². The first-order chi connectivity index (χ1) is 12.2. The highest BCUT2D eigenvalue weighted by atomic mass is 35.5. The summed E-state index contributed by atoms with van der Waals surface area (Å²) in [5.74, 6) is 2.62. The molecule has 1 heterocycles. The van der Waals surface area contributed by atoms with Gasteiger partial charge in [-0.2, -0.15) is 0 Å². The predicted octanol–water partition coefficient (Wildman–Crippen LogP) is 5.84. The molecule has 0 saturated carbocycles. The largest absolute Gasteiger partial charge is 0.306 e. The SMILES string of the molecule is CCn1c(CSc2ccc(C)cc2)nnc1SCc1ccccc1Cl. The molecule has 0 aliphatic carbocycles. The normalized spacial score (nSPS) is 11.0. The molecule has 0 spiro atoms. The van der Waals surface area contributed by atoms with E-state index in [1.165, 1.54) is 10.5 Å². The van der Waals surface area contributed by atoms with E-state index in [2.05, 4.69) is 58.9 Å². The van der Waals surface area contributed by atoms with Gasteiger partial charge in [0.1, 0.15) is 5.82 Å². The van der Waals surface area contributed by atoms with E-state index in [1.54, 1.807) is 23.5 Å². The van der Waals surface area contributed by atoms with Crippen molar-refractivity contribution in [1.82, 2.24) is 14.8 Å². The van der Waals surface area contributed by atoms with Crippen LogP contribution in [0.15, 0.2) is 58.6 Å². The number of halogens is 1. The lowest BCUT2D eigenvalue weighted by Crippen LogP contribution is -2.02. The number of hydrogen-bond acceptors (Lipinski definition) is 4. The molecule has 0 N–H and O–H groups in total. The molecule has 130 valence electrons. The van der Waals surface area contributed by atoms with Crippen LogP contribution in [0.1, 0.15) is 23.9 Å². The Morgan fingerprint density at radius 3 is 2.44 bits per heavy atom. The number of hydrogen-bond donors (Lipinski definition) is 0. The lowest BCUT2D eigenvalue weighted by atomic mass is 10.2. The second kappa shape index (κ2) is 8.79. The third kappa shape index (κ3) is 4.81. The minimum absolute atomic E-state index is 0.795. The van der Waals surface area contributed by atoms with E-state index >= 15 is 0 Å². The van der Waals surface area contributed by atoms with Gasteiger partial charge in [0.2, 0.25) is 0 Å². The first-order valence-electron chi connectivity index (χ1n) is 8.15. The van der Waals surface area contributed by atoms with Crippen LogP contribution in [0.4, 0.5) is 0 Å². The molecule has 0 radical (unpaired) electrons. The molecular weight excluding hydrogens is 370 g/mol. The van der Waals surface area contributed by atoms with Gasteiger partial charge in [0.05, 0.1) is 5.75 Å². The van der Waals surface area contributed by atoms with Gasteiger partial charge < -0.3 is 4.57 Å². The summed E-state index contributed by atoms with van der Waals surface area (Å²) in [5, 5.41) is 10.5. The highest BCUT2D eigenvalue weighted by Crippen LogP contribution is 2.28. The molecule has 3 rings (SSSR count). The van der Waals surface area contributed by atoms with Gasteiger partial charge in [-0.15, -0.1) is 22.0 Å². The Bertz CT molecular complexity index is 831. The summed E-state index contributed by atoms with van der Waals surface area (Å²) in [6.45, 7) is 5.09. The molecule has 0 unspecified atom stereocenters. The van der Waals surface area contributed by atoms with E-state index in [1.807, 2.05) is 18.2 Å². The fourth-order valence-corrected chi connectivity index (χ4v) is 4.54. The lowest BCUT2D eigenvalue weighted by Gasteiger charge is -2.08. The number of aryl methyl sites for hydroxylation is 1. The second-order valence-electron chi connectivity index (χ2n) is 5.62. The van der Waals surface area contributed by atoms with Gasteiger partial charge >= 0.3 is 0 Å². The first-order valence-corrected chi connectivity index (χ1v) is 10.5. The van der Waals surface area contributed by atoms with E-state index in [9.17, 15) is 0 Å². The van der Waals surface area contributed by atoms with E-state index < -0.39 is 0 Å². The first kappa shape index (κ1) is 18.4. The van der Waals surface area contributed by atoms with Crippen molar-refractivity contribution in [1.29, 1.82) is 0 Å². The smallest absolute Gasteiger partial charge is 0.191 e. The predicted molar refractivity (Wildman–Crippen MR) is 107 cm³/mol. The van der Waals surface area contributed by atoms with Crippen molar-refractivity contribution in [3.05, 3.63) is 70.5 Å². The minimum atomic E-state index is 0.795. The summed E-state index contributed by atoms with van der Waals surface area (Å²) < 4.78 is 2.18. The zero-order valence-corrected chi connectivity index (χ0v) is 16.7. The molecule has 25 heavy (non-hydrogen) atoms. The Kier molecular flexibility index (Phi) is 6.45. The monoisotopic (exact) mass is 389 g/mol. The van der Waals surface area contributed by atoms with Gasteiger partial charge in [-0.05, 0) is 37.6 Å². The van der Waals surface area contributed by atoms with Crippen LogP contribution in [-0.2, 0) is 18.1 Å². The molecule has 6 heteroatoms. The van der Waals surface area contributed by atoms with Crippen molar-refractivity contribution in [3.8, 4) is 0 Å². The Labute approximate surface area is 162 Å². The maximum atomic E-state index is 6.24. The van der Waals surface area contributed by atoms with Crippen molar-refractivity contribution in [3.63, 3.8) is 0 Å². The molecule has 0 aliphatic rings. The number of nitrogens with zero attached hydrogens (tertiary/aromatic N) is 3. The van der Waals surface area contributed by atoms with Crippen LogP contribution in [0, 0.1) is 6.92 Å². The van der Waals surface area contributed by atoms with Crippen molar-refractivity contribution < 1.29 is 0 Å². The molecule has 3 nitrogen and oxygen atoms in total. The highest BCUT2D eigenvalue weighted by molar-refractivity contribution is 7.98. The highest BCUT2D eigenvalue weighted by Gasteiger charge is 2.12. The van der Waals surface area contributed by atoms with Crippen LogP contribution >= 0.6 is 35.1 Å². The van der Waals surface area contributed by atoms with Crippen LogP contribution in [-0.4, -0.2) is 14.8 Å². The Hall–Kier alpha value is -1.43. The summed E-state index contributed by atoms with van der Waals surface area (Å²) in [5.41, 5.74) is 2.40. The standard InChI is InChI=1S/C19H20ClN3S2/c1-3-23-18(13-24-16-10-8-14(2)9-11-16)21-22-19(23)25-12-15-6-4-5-7-17(15)20/h4-11H,3,12-13H2,1-2H3. The number of benzene rings is 2. The van der Waals surface area contributed by atoms with Gasteiger partial charge in [-0.3, -0.25) is 0 Å². The zero-order valence-electron chi connectivity index (χ0n) is 14.3. The van der Waals surface area contributed by atoms with Crippen molar-refractivity contribution >= 4 is 35.1 Å². The molecule has 0 aliphatic heterocycles.